The molecule has 1 N–H and O–H groups in total. The van der Waals surface area contributed by atoms with Crippen molar-refractivity contribution in [2.45, 2.75) is 19.4 Å². The highest BCUT2D eigenvalue weighted by Gasteiger charge is 2.12. The van der Waals surface area contributed by atoms with E-state index in [0.717, 1.165) is 38.2 Å². The summed E-state index contributed by atoms with van der Waals surface area (Å²) in [6, 6.07) is 4.02. The number of ether oxygens (including phenoxy) is 1. The lowest BCUT2D eigenvalue weighted by atomic mass is 10.0. The summed E-state index contributed by atoms with van der Waals surface area (Å²) >= 11 is 0. The Balaban J connectivity index is 1.75. The number of hydrogen-bond acceptors (Lipinski definition) is 2. The van der Waals surface area contributed by atoms with E-state index in [2.05, 4.69) is 5.32 Å². The van der Waals surface area contributed by atoms with Crippen LogP contribution in [0.4, 0.5) is 8.78 Å². The fraction of sp³-hybridized carbons (Fsp3) is 0.538. The van der Waals surface area contributed by atoms with Gasteiger partial charge in [-0.3, -0.25) is 0 Å². The standard InChI is InChI=1S/C13H17F2NO/c14-12-2-1-11(7-13(12)15)9-16-8-10-3-5-17-6-4-10/h1-2,7,10,16H,3-6,8-9H2. The lowest BCUT2D eigenvalue weighted by Crippen LogP contribution is -2.27. The van der Waals surface area contributed by atoms with Crippen molar-refractivity contribution in [3.8, 4) is 0 Å². The maximum absolute atomic E-state index is 12.9. The summed E-state index contributed by atoms with van der Waals surface area (Å²) in [7, 11) is 0. The zero-order valence-electron chi connectivity index (χ0n) is 9.72. The van der Waals surface area contributed by atoms with Crippen molar-refractivity contribution in [1.29, 1.82) is 0 Å². The Bertz CT molecular complexity index is 364. The molecule has 1 aromatic carbocycles. The van der Waals surface area contributed by atoms with Gasteiger partial charge in [0.25, 0.3) is 0 Å². The number of rotatable bonds is 4. The maximum Gasteiger partial charge on any atom is 0.159 e. The second kappa shape index (κ2) is 6.07. The quantitative estimate of drug-likeness (QED) is 0.874. The van der Waals surface area contributed by atoms with Gasteiger partial charge in [0.05, 0.1) is 0 Å². The molecular weight excluding hydrogens is 224 g/mol. The van der Waals surface area contributed by atoms with Gasteiger partial charge < -0.3 is 10.1 Å². The topological polar surface area (TPSA) is 21.3 Å². The van der Waals surface area contributed by atoms with E-state index in [-0.39, 0.29) is 0 Å². The number of hydrogen-bond donors (Lipinski definition) is 1. The molecule has 2 nitrogen and oxygen atoms in total. The Morgan fingerprint density at radius 3 is 2.65 bits per heavy atom. The predicted molar refractivity (Wildman–Crippen MR) is 61.6 cm³/mol. The van der Waals surface area contributed by atoms with Crippen molar-refractivity contribution in [2.24, 2.45) is 5.92 Å². The molecule has 0 saturated carbocycles. The summed E-state index contributed by atoms with van der Waals surface area (Å²) in [5, 5.41) is 3.27. The first kappa shape index (κ1) is 12.5. The van der Waals surface area contributed by atoms with Crippen LogP contribution in [0.15, 0.2) is 18.2 Å². The van der Waals surface area contributed by atoms with Crippen molar-refractivity contribution in [3.05, 3.63) is 35.4 Å². The molecule has 1 saturated heterocycles. The number of nitrogens with one attached hydrogen (secondary N) is 1. The van der Waals surface area contributed by atoms with Crippen LogP contribution in [0.5, 0.6) is 0 Å². The average molecular weight is 241 g/mol. The Morgan fingerprint density at radius 2 is 1.94 bits per heavy atom. The minimum absolute atomic E-state index is 0.578. The van der Waals surface area contributed by atoms with Gasteiger partial charge in [-0.25, -0.2) is 8.78 Å². The molecule has 94 valence electrons. The lowest BCUT2D eigenvalue weighted by molar-refractivity contribution is 0.0662. The monoisotopic (exact) mass is 241 g/mol. The second-order valence-electron chi connectivity index (χ2n) is 4.44. The Labute approximate surface area is 100.0 Å². The molecule has 0 atom stereocenters. The van der Waals surface area contributed by atoms with Crippen LogP contribution < -0.4 is 5.32 Å². The molecule has 0 radical (unpaired) electrons. The lowest BCUT2D eigenvalue weighted by Gasteiger charge is -2.22. The molecule has 1 fully saturated rings. The van der Waals surface area contributed by atoms with Crippen LogP contribution in [0.25, 0.3) is 0 Å². The number of benzene rings is 1. The zero-order chi connectivity index (χ0) is 12.1. The van der Waals surface area contributed by atoms with Gasteiger partial charge in [-0.05, 0) is 43.0 Å². The minimum atomic E-state index is -0.793. The first-order valence-corrected chi connectivity index (χ1v) is 5.98. The zero-order valence-corrected chi connectivity index (χ0v) is 9.72. The third kappa shape index (κ3) is 3.75. The van der Waals surface area contributed by atoms with Gasteiger partial charge in [-0.2, -0.15) is 0 Å². The van der Waals surface area contributed by atoms with E-state index in [1.807, 2.05) is 0 Å². The molecule has 0 aliphatic carbocycles. The fourth-order valence-corrected chi connectivity index (χ4v) is 2.02. The maximum atomic E-state index is 12.9. The normalized spacial score (nSPS) is 17.3. The second-order valence-corrected chi connectivity index (χ2v) is 4.44. The van der Waals surface area contributed by atoms with Crippen LogP contribution in [0.2, 0.25) is 0 Å². The Hall–Kier alpha value is -1.00. The third-order valence-corrected chi connectivity index (χ3v) is 3.09. The summed E-state index contributed by atoms with van der Waals surface area (Å²) in [5.74, 6) is -0.942. The molecule has 0 amide bonds. The summed E-state index contributed by atoms with van der Waals surface area (Å²) in [4.78, 5) is 0. The Morgan fingerprint density at radius 1 is 1.18 bits per heavy atom. The summed E-state index contributed by atoms with van der Waals surface area (Å²) in [5.41, 5.74) is 0.774. The molecule has 1 aliphatic heterocycles. The Kier molecular flexibility index (Phi) is 4.45. The molecule has 1 aromatic rings. The predicted octanol–water partition coefficient (Wildman–Crippen LogP) is 2.48. The molecule has 0 spiro atoms. The molecule has 0 aromatic heterocycles. The summed E-state index contributed by atoms with van der Waals surface area (Å²) < 4.78 is 30.9. The number of halogens is 2. The van der Waals surface area contributed by atoms with Crippen molar-refractivity contribution >= 4 is 0 Å². The van der Waals surface area contributed by atoms with E-state index in [0.29, 0.717) is 12.5 Å². The van der Waals surface area contributed by atoms with Crippen LogP contribution in [0.3, 0.4) is 0 Å². The fourth-order valence-electron chi connectivity index (χ4n) is 2.02. The van der Waals surface area contributed by atoms with Crippen molar-refractivity contribution < 1.29 is 13.5 Å². The largest absolute Gasteiger partial charge is 0.381 e. The van der Waals surface area contributed by atoms with Gasteiger partial charge in [0, 0.05) is 19.8 Å². The van der Waals surface area contributed by atoms with E-state index < -0.39 is 11.6 Å². The van der Waals surface area contributed by atoms with Gasteiger partial charge in [0.15, 0.2) is 11.6 Å². The molecule has 1 heterocycles. The van der Waals surface area contributed by atoms with E-state index in [9.17, 15) is 8.78 Å². The smallest absolute Gasteiger partial charge is 0.159 e. The van der Waals surface area contributed by atoms with Gasteiger partial charge in [-0.15, -0.1) is 0 Å². The van der Waals surface area contributed by atoms with Crippen LogP contribution in [0, 0.1) is 17.6 Å². The van der Waals surface area contributed by atoms with Crippen molar-refractivity contribution in [3.63, 3.8) is 0 Å². The first-order valence-electron chi connectivity index (χ1n) is 5.98. The molecule has 17 heavy (non-hydrogen) atoms. The van der Waals surface area contributed by atoms with Gasteiger partial charge in [0.2, 0.25) is 0 Å². The van der Waals surface area contributed by atoms with E-state index >= 15 is 0 Å². The summed E-state index contributed by atoms with van der Waals surface area (Å²) in [6.07, 6.45) is 2.15. The highest BCUT2D eigenvalue weighted by molar-refractivity contribution is 5.17. The van der Waals surface area contributed by atoms with Crippen molar-refractivity contribution in [2.75, 3.05) is 19.8 Å². The van der Waals surface area contributed by atoms with Gasteiger partial charge in [0.1, 0.15) is 0 Å². The van der Waals surface area contributed by atoms with Crippen LogP contribution in [-0.2, 0) is 11.3 Å². The van der Waals surface area contributed by atoms with Gasteiger partial charge in [-0.1, -0.05) is 6.07 Å². The average Bonchev–Trinajstić information content (AvgIpc) is 2.35. The molecule has 0 unspecified atom stereocenters. The molecule has 1 aliphatic rings. The SMILES string of the molecule is Fc1ccc(CNCC2CCOCC2)cc1F. The minimum Gasteiger partial charge on any atom is -0.381 e. The van der Waals surface area contributed by atoms with Crippen molar-refractivity contribution in [1.82, 2.24) is 5.32 Å². The summed E-state index contributed by atoms with van der Waals surface area (Å²) in [6.45, 7) is 3.14. The van der Waals surface area contributed by atoms with Crippen LogP contribution in [-0.4, -0.2) is 19.8 Å². The highest BCUT2D eigenvalue weighted by atomic mass is 19.2. The first-order chi connectivity index (χ1) is 8.25. The van der Waals surface area contributed by atoms with Crippen LogP contribution in [0.1, 0.15) is 18.4 Å². The van der Waals surface area contributed by atoms with Gasteiger partial charge >= 0.3 is 0 Å². The molecular formula is C13H17F2NO. The molecule has 0 bridgehead atoms. The van der Waals surface area contributed by atoms with E-state index in [1.54, 1.807) is 6.07 Å². The van der Waals surface area contributed by atoms with E-state index in [4.69, 9.17) is 4.74 Å². The highest BCUT2D eigenvalue weighted by Crippen LogP contribution is 2.14. The molecule has 2 rings (SSSR count). The third-order valence-electron chi connectivity index (χ3n) is 3.09. The van der Waals surface area contributed by atoms with Crippen LogP contribution >= 0.6 is 0 Å². The molecule has 4 heteroatoms. The van der Waals surface area contributed by atoms with E-state index in [1.165, 1.54) is 12.1 Å².